The van der Waals surface area contributed by atoms with Crippen molar-refractivity contribution in [3.63, 3.8) is 0 Å². The van der Waals surface area contributed by atoms with Crippen LogP contribution < -0.4 is 5.32 Å². The molecular weight excluding hydrogens is 254 g/mol. The van der Waals surface area contributed by atoms with Crippen LogP contribution in [0.5, 0.6) is 0 Å². The monoisotopic (exact) mass is 263 g/mol. The van der Waals surface area contributed by atoms with Gasteiger partial charge in [0.15, 0.2) is 0 Å². The highest BCUT2D eigenvalue weighted by molar-refractivity contribution is 6.31. The molecule has 0 radical (unpaired) electrons. The number of aromatic carboxylic acids is 1. The van der Waals surface area contributed by atoms with Gasteiger partial charge in [0.05, 0.1) is 10.6 Å². The van der Waals surface area contributed by atoms with Gasteiger partial charge in [-0.25, -0.2) is 9.78 Å². The van der Waals surface area contributed by atoms with E-state index < -0.39 is 5.97 Å². The van der Waals surface area contributed by atoms with Crippen LogP contribution in [0.25, 0.3) is 0 Å². The van der Waals surface area contributed by atoms with Crippen LogP contribution in [0.15, 0.2) is 36.8 Å². The van der Waals surface area contributed by atoms with E-state index in [1.54, 1.807) is 24.5 Å². The second-order valence-corrected chi connectivity index (χ2v) is 3.97. The summed E-state index contributed by atoms with van der Waals surface area (Å²) >= 11 is 5.96. The second-order valence-electron chi connectivity index (χ2n) is 3.56. The topological polar surface area (TPSA) is 75.1 Å². The average molecular weight is 264 g/mol. The quantitative estimate of drug-likeness (QED) is 0.886. The van der Waals surface area contributed by atoms with Gasteiger partial charge in [-0.05, 0) is 23.8 Å². The standard InChI is InChI=1S/C12H10ClN3O2/c13-10-7-14-4-3-8(10)5-15-11-2-1-9(6-16-11)12(17)18/h1-4,6-7H,5H2,(H,15,16)(H,17,18). The SMILES string of the molecule is O=C(O)c1ccc(NCc2ccncc2Cl)nc1. The van der Waals surface area contributed by atoms with Gasteiger partial charge >= 0.3 is 5.97 Å². The molecule has 0 atom stereocenters. The molecule has 2 aromatic heterocycles. The molecule has 0 aliphatic heterocycles. The number of hydrogen-bond donors (Lipinski definition) is 2. The molecule has 0 aromatic carbocycles. The van der Waals surface area contributed by atoms with Crippen molar-refractivity contribution in [2.45, 2.75) is 6.54 Å². The molecule has 2 rings (SSSR count). The van der Waals surface area contributed by atoms with E-state index in [4.69, 9.17) is 16.7 Å². The van der Waals surface area contributed by atoms with Crippen molar-refractivity contribution in [3.8, 4) is 0 Å². The fraction of sp³-hybridized carbons (Fsp3) is 0.0833. The Morgan fingerprint density at radius 1 is 1.33 bits per heavy atom. The van der Waals surface area contributed by atoms with Gasteiger partial charge in [0.2, 0.25) is 0 Å². The average Bonchev–Trinajstić information content (AvgIpc) is 2.38. The van der Waals surface area contributed by atoms with Crippen molar-refractivity contribution in [2.24, 2.45) is 0 Å². The van der Waals surface area contributed by atoms with Crippen molar-refractivity contribution >= 4 is 23.4 Å². The van der Waals surface area contributed by atoms with E-state index in [1.165, 1.54) is 12.3 Å². The lowest BCUT2D eigenvalue weighted by Gasteiger charge is -2.06. The number of aromatic nitrogens is 2. The van der Waals surface area contributed by atoms with E-state index in [-0.39, 0.29) is 5.56 Å². The van der Waals surface area contributed by atoms with Crippen LogP contribution in [-0.4, -0.2) is 21.0 Å². The summed E-state index contributed by atoms with van der Waals surface area (Å²) in [5, 5.41) is 12.4. The van der Waals surface area contributed by atoms with Crippen LogP contribution in [0.1, 0.15) is 15.9 Å². The number of nitrogens with zero attached hydrogens (tertiary/aromatic N) is 2. The van der Waals surface area contributed by atoms with E-state index in [0.29, 0.717) is 17.4 Å². The molecule has 2 N–H and O–H groups in total. The van der Waals surface area contributed by atoms with Gasteiger partial charge in [0, 0.05) is 25.1 Å². The summed E-state index contributed by atoms with van der Waals surface area (Å²) in [5.41, 5.74) is 1.05. The maximum absolute atomic E-state index is 10.7. The minimum absolute atomic E-state index is 0.155. The summed E-state index contributed by atoms with van der Waals surface area (Å²) in [6.45, 7) is 0.501. The van der Waals surface area contributed by atoms with Crippen LogP contribution in [-0.2, 0) is 6.54 Å². The predicted molar refractivity (Wildman–Crippen MR) is 67.8 cm³/mol. The highest BCUT2D eigenvalue weighted by Gasteiger charge is 2.03. The molecule has 0 saturated carbocycles. The Bertz CT molecular complexity index is 558. The summed E-state index contributed by atoms with van der Waals surface area (Å²) in [5.74, 6) is -0.404. The number of carbonyl (C=O) groups is 1. The lowest BCUT2D eigenvalue weighted by Crippen LogP contribution is -2.03. The first kappa shape index (κ1) is 12.3. The molecular formula is C12H10ClN3O2. The third-order valence-electron chi connectivity index (χ3n) is 2.33. The molecule has 92 valence electrons. The number of halogens is 1. The fourth-order valence-corrected chi connectivity index (χ4v) is 1.54. The zero-order valence-electron chi connectivity index (χ0n) is 9.30. The van der Waals surface area contributed by atoms with E-state index in [0.717, 1.165) is 5.56 Å². The molecule has 0 spiro atoms. The molecule has 18 heavy (non-hydrogen) atoms. The first-order valence-electron chi connectivity index (χ1n) is 5.18. The van der Waals surface area contributed by atoms with Crippen LogP contribution in [0.2, 0.25) is 5.02 Å². The van der Waals surface area contributed by atoms with Gasteiger partial charge < -0.3 is 10.4 Å². The molecule has 6 heteroatoms. The zero-order chi connectivity index (χ0) is 13.0. The number of rotatable bonds is 4. The Labute approximate surface area is 108 Å². The fourth-order valence-electron chi connectivity index (χ4n) is 1.36. The molecule has 2 aromatic rings. The first-order valence-corrected chi connectivity index (χ1v) is 5.56. The predicted octanol–water partition coefficient (Wildman–Crippen LogP) is 2.44. The Morgan fingerprint density at radius 2 is 2.17 bits per heavy atom. The van der Waals surface area contributed by atoms with Crippen molar-refractivity contribution in [2.75, 3.05) is 5.32 Å². The van der Waals surface area contributed by atoms with Crippen molar-refractivity contribution < 1.29 is 9.90 Å². The van der Waals surface area contributed by atoms with E-state index in [2.05, 4.69) is 15.3 Å². The Balaban J connectivity index is 2.02. The largest absolute Gasteiger partial charge is 0.478 e. The molecule has 0 saturated heterocycles. The Hall–Kier alpha value is -2.14. The lowest BCUT2D eigenvalue weighted by atomic mass is 10.2. The number of hydrogen-bond acceptors (Lipinski definition) is 4. The molecule has 0 aliphatic rings. The van der Waals surface area contributed by atoms with Gasteiger partial charge in [-0.3, -0.25) is 4.98 Å². The summed E-state index contributed by atoms with van der Waals surface area (Å²) in [6.07, 6.45) is 4.53. The van der Waals surface area contributed by atoms with Crippen LogP contribution in [0.4, 0.5) is 5.82 Å². The van der Waals surface area contributed by atoms with E-state index >= 15 is 0 Å². The first-order chi connectivity index (χ1) is 8.66. The van der Waals surface area contributed by atoms with Crippen LogP contribution in [0.3, 0.4) is 0 Å². The van der Waals surface area contributed by atoms with Crippen molar-refractivity contribution in [1.82, 2.24) is 9.97 Å². The molecule has 0 bridgehead atoms. The van der Waals surface area contributed by atoms with Crippen molar-refractivity contribution in [1.29, 1.82) is 0 Å². The molecule has 0 fully saturated rings. The summed E-state index contributed by atoms with van der Waals surface area (Å²) in [6, 6.07) is 4.91. The molecule has 0 unspecified atom stereocenters. The van der Waals surface area contributed by atoms with Gasteiger partial charge in [-0.1, -0.05) is 11.6 Å². The minimum atomic E-state index is -0.994. The number of pyridine rings is 2. The van der Waals surface area contributed by atoms with Crippen LogP contribution >= 0.6 is 11.6 Å². The van der Waals surface area contributed by atoms with E-state index in [9.17, 15) is 4.79 Å². The number of anilines is 1. The number of carboxylic acid groups (broad SMARTS) is 1. The maximum atomic E-state index is 10.7. The van der Waals surface area contributed by atoms with Gasteiger partial charge in [-0.2, -0.15) is 0 Å². The third-order valence-corrected chi connectivity index (χ3v) is 2.67. The molecule has 5 nitrogen and oxygen atoms in total. The minimum Gasteiger partial charge on any atom is -0.478 e. The maximum Gasteiger partial charge on any atom is 0.337 e. The highest BCUT2D eigenvalue weighted by Crippen LogP contribution is 2.15. The smallest absolute Gasteiger partial charge is 0.337 e. The van der Waals surface area contributed by atoms with E-state index in [1.807, 2.05) is 0 Å². The lowest BCUT2D eigenvalue weighted by molar-refractivity contribution is 0.0696. The zero-order valence-corrected chi connectivity index (χ0v) is 10.1. The van der Waals surface area contributed by atoms with Gasteiger partial charge in [0.1, 0.15) is 5.82 Å². The summed E-state index contributed by atoms with van der Waals surface area (Å²) < 4.78 is 0. The molecule has 2 heterocycles. The van der Waals surface area contributed by atoms with Gasteiger partial charge in [-0.15, -0.1) is 0 Å². The van der Waals surface area contributed by atoms with Crippen LogP contribution in [0, 0.1) is 0 Å². The Morgan fingerprint density at radius 3 is 2.78 bits per heavy atom. The number of nitrogens with one attached hydrogen (secondary N) is 1. The normalized spacial score (nSPS) is 10.1. The third kappa shape index (κ3) is 2.95. The summed E-state index contributed by atoms with van der Waals surface area (Å²) in [4.78, 5) is 18.5. The second kappa shape index (κ2) is 5.46. The summed E-state index contributed by atoms with van der Waals surface area (Å²) in [7, 11) is 0. The highest BCUT2D eigenvalue weighted by atomic mass is 35.5. The Kier molecular flexibility index (Phi) is 3.74. The number of carboxylic acids is 1. The molecule has 0 aliphatic carbocycles. The van der Waals surface area contributed by atoms with Gasteiger partial charge in [0.25, 0.3) is 0 Å². The van der Waals surface area contributed by atoms with Crippen molar-refractivity contribution in [3.05, 3.63) is 52.9 Å². The molecule has 0 amide bonds.